The van der Waals surface area contributed by atoms with Crippen LogP contribution in [-0.2, 0) is 17.8 Å². The van der Waals surface area contributed by atoms with E-state index in [4.69, 9.17) is 5.73 Å². The largest absolute Gasteiger partial charge is 0.342 e. The minimum atomic E-state index is -0.326. The molecule has 146 valence electrons. The molecule has 0 unspecified atom stereocenters. The lowest BCUT2D eigenvalue weighted by Gasteiger charge is -2.32. The Bertz CT molecular complexity index is 745. The van der Waals surface area contributed by atoms with Gasteiger partial charge in [-0.05, 0) is 30.7 Å². The Kier molecular flexibility index (Phi) is 8.22. The van der Waals surface area contributed by atoms with E-state index in [1.54, 1.807) is 5.38 Å². The number of rotatable bonds is 6. The molecule has 1 aromatic heterocycles. The van der Waals surface area contributed by atoms with Gasteiger partial charge >= 0.3 is 0 Å². The van der Waals surface area contributed by atoms with Gasteiger partial charge in [-0.3, -0.25) is 9.59 Å². The third-order valence-corrected chi connectivity index (χ3v) is 5.56. The van der Waals surface area contributed by atoms with Crippen molar-refractivity contribution >= 4 is 35.6 Å². The summed E-state index contributed by atoms with van der Waals surface area (Å²) in [5, 5.41) is 5.03. The predicted molar refractivity (Wildman–Crippen MR) is 109 cm³/mol. The number of hydrogen-bond acceptors (Lipinski definition) is 5. The molecule has 0 spiro atoms. The number of nitrogens with one attached hydrogen (secondary N) is 1. The predicted octanol–water partition coefficient (Wildman–Crippen LogP) is 2.23. The molecule has 27 heavy (non-hydrogen) atoms. The third kappa shape index (κ3) is 6.02. The normalized spacial score (nSPS) is 14.5. The number of nitrogens with zero attached hydrogens (tertiary/aromatic N) is 2. The van der Waals surface area contributed by atoms with Gasteiger partial charge < -0.3 is 16.0 Å². The highest BCUT2D eigenvalue weighted by Gasteiger charge is 2.23. The molecule has 1 aliphatic rings. The zero-order valence-electron chi connectivity index (χ0n) is 15.1. The number of piperidine rings is 1. The number of nitrogens with two attached hydrogens (primary N) is 1. The fourth-order valence-corrected chi connectivity index (χ4v) is 3.86. The highest BCUT2D eigenvalue weighted by molar-refractivity contribution is 7.09. The van der Waals surface area contributed by atoms with Gasteiger partial charge in [0.2, 0.25) is 5.91 Å². The Labute approximate surface area is 169 Å². The van der Waals surface area contributed by atoms with Crippen LogP contribution < -0.4 is 11.1 Å². The Morgan fingerprint density at radius 3 is 2.56 bits per heavy atom. The summed E-state index contributed by atoms with van der Waals surface area (Å²) in [6.07, 6.45) is 3.06. The molecule has 1 saturated heterocycles. The number of aromatic nitrogens is 1. The number of hydrogen-bond donors (Lipinski definition) is 2. The van der Waals surface area contributed by atoms with Crippen LogP contribution in [-0.4, -0.2) is 41.3 Å². The van der Waals surface area contributed by atoms with Crippen molar-refractivity contribution in [3.63, 3.8) is 0 Å². The summed E-state index contributed by atoms with van der Waals surface area (Å²) in [5.74, 6) is 0.250. The molecule has 1 aromatic carbocycles. The minimum Gasteiger partial charge on any atom is -0.342 e. The molecule has 3 rings (SSSR count). The zero-order chi connectivity index (χ0) is 18.4. The molecule has 2 heterocycles. The number of amides is 2. The lowest BCUT2D eigenvalue weighted by Crippen LogP contribution is -2.44. The second kappa shape index (κ2) is 10.4. The molecule has 2 aromatic rings. The molecular formula is C19H25ClN4O2S. The van der Waals surface area contributed by atoms with Gasteiger partial charge in [-0.15, -0.1) is 23.7 Å². The van der Waals surface area contributed by atoms with Crippen LogP contribution in [0, 0.1) is 5.92 Å². The summed E-state index contributed by atoms with van der Waals surface area (Å²) in [4.78, 5) is 30.3. The zero-order valence-corrected chi connectivity index (χ0v) is 16.7. The van der Waals surface area contributed by atoms with Gasteiger partial charge in [0, 0.05) is 25.0 Å². The maximum atomic E-state index is 12.3. The van der Waals surface area contributed by atoms with Gasteiger partial charge in [-0.1, -0.05) is 30.3 Å². The number of carbonyl (C=O) groups excluding carboxylic acids is 2. The van der Waals surface area contributed by atoms with Crippen LogP contribution in [0.25, 0.3) is 0 Å². The number of halogens is 1. The van der Waals surface area contributed by atoms with Crippen LogP contribution >= 0.6 is 23.7 Å². The fourth-order valence-electron chi connectivity index (χ4n) is 3.20. The second-order valence-electron chi connectivity index (χ2n) is 6.53. The van der Waals surface area contributed by atoms with Crippen molar-refractivity contribution in [2.75, 3.05) is 19.6 Å². The van der Waals surface area contributed by atoms with Gasteiger partial charge in [0.25, 0.3) is 5.91 Å². The van der Waals surface area contributed by atoms with Crippen molar-refractivity contribution in [1.29, 1.82) is 0 Å². The first-order chi connectivity index (χ1) is 12.7. The number of carbonyl (C=O) groups is 2. The van der Waals surface area contributed by atoms with Gasteiger partial charge in [-0.25, -0.2) is 4.98 Å². The summed E-state index contributed by atoms with van der Waals surface area (Å²) < 4.78 is 0. The molecule has 0 radical (unpaired) electrons. The van der Waals surface area contributed by atoms with E-state index in [0.29, 0.717) is 23.2 Å². The molecule has 0 bridgehead atoms. The first-order valence-corrected chi connectivity index (χ1v) is 9.78. The van der Waals surface area contributed by atoms with E-state index in [0.717, 1.165) is 32.4 Å². The van der Waals surface area contributed by atoms with Crippen LogP contribution in [0.3, 0.4) is 0 Å². The highest BCUT2D eigenvalue weighted by atomic mass is 35.5. The molecule has 8 heteroatoms. The van der Waals surface area contributed by atoms with Crippen molar-refractivity contribution in [3.05, 3.63) is 52.0 Å². The summed E-state index contributed by atoms with van der Waals surface area (Å²) in [5.41, 5.74) is 7.17. The molecule has 0 saturated carbocycles. The van der Waals surface area contributed by atoms with Crippen LogP contribution in [0.1, 0.15) is 33.9 Å². The second-order valence-corrected chi connectivity index (χ2v) is 7.47. The van der Waals surface area contributed by atoms with Crippen LogP contribution in [0.15, 0.2) is 35.7 Å². The van der Waals surface area contributed by atoms with Crippen LogP contribution in [0.4, 0.5) is 0 Å². The van der Waals surface area contributed by atoms with Gasteiger partial charge in [-0.2, -0.15) is 0 Å². The number of thiazole rings is 1. The molecule has 3 N–H and O–H groups in total. The van der Waals surface area contributed by atoms with E-state index >= 15 is 0 Å². The van der Waals surface area contributed by atoms with Gasteiger partial charge in [0.15, 0.2) is 0 Å². The van der Waals surface area contributed by atoms with Crippen LogP contribution in [0.5, 0.6) is 0 Å². The number of likely N-dealkylation sites (tertiary alicyclic amines) is 1. The smallest absolute Gasteiger partial charge is 0.271 e. The lowest BCUT2D eigenvalue weighted by atomic mass is 9.90. The Hall–Kier alpha value is -1.96. The molecule has 1 aliphatic heterocycles. The van der Waals surface area contributed by atoms with Crippen molar-refractivity contribution in [1.82, 2.24) is 15.2 Å². The Morgan fingerprint density at radius 2 is 1.93 bits per heavy atom. The monoisotopic (exact) mass is 408 g/mol. The Morgan fingerprint density at radius 1 is 1.22 bits per heavy atom. The SMILES string of the molecule is Cl.NCc1nc(C(=O)NCC(=O)N2CCC(Cc3ccccc3)CC2)cs1. The molecule has 0 aliphatic carbocycles. The molecule has 6 nitrogen and oxygen atoms in total. The lowest BCUT2D eigenvalue weighted by molar-refractivity contribution is -0.131. The summed E-state index contributed by atoms with van der Waals surface area (Å²) in [6, 6.07) is 10.5. The van der Waals surface area contributed by atoms with Crippen molar-refractivity contribution in [2.24, 2.45) is 11.7 Å². The first kappa shape index (κ1) is 21.3. The van der Waals surface area contributed by atoms with Gasteiger partial charge in [0.05, 0.1) is 6.54 Å². The third-order valence-electron chi connectivity index (χ3n) is 4.69. The standard InChI is InChI=1S/C19H24N4O2S.ClH/c20-11-17-22-16(13-26-17)19(25)21-12-18(24)23-8-6-15(7-9-23)10-14-4-2-1-3-5-14;/h1-5,13,15H,6-12,20H2,(H,21,25);1H. The van der Waals surface area contributed by atoms with Gasteiger partial charge in [0.1, 0.15) is 10.7 Å². The quantitative estimate of drug-likeness (QED) is 0.767. The average Bonchev–Trinajstić information content (AvgIpc) is 3.17. The summed E-state index contributed by atoms with van der Waals surface area (Å²) >= 11 is 1.35. The number of benzene rings is 1. The molecule has 1 fully saturated rings. The van der Waals surface area contributed by atoms with E-state index < -0.39 is 0 Å². The van der Waals surface area contributed by atoms with Crippen molar-refractivity contribution in [3.8, 4) is 0 Å². The van der Waals surface area contributed by atoms with E-state index in [-0.39, 0.29) is 30.8 Å². The average molecular weight is 409 g/mol. The van der Waals surface area contributed by atoms with Crippen molar-refractivity contribution in [2.45, 2.75) is 25.8 Å². The first-order valence-electron chi connectivity index (χ1n) is 8.90. The fraction of sp³-hybridized carbons (Fsp3) is 0.421. The summed E-state index contributed by atoms with van der Waals surface area (Å²) in [7, 11) is 0. The summed E-state index contributed by atoms with van der Waals surface area (Å²) in [6.45, 7) is 1.83. The van der Waals surface area contributed by atoms with E-state index in [2.05, 4.69) is 34.6 Å². The van der Waals surface area contributed by atoms with E-state index in [1.807, 2.05) is 11.0 Å². The molecule has 2 amide bonds. The van der Waals surface area contributed by atoms with E-state index in [1.165, 1.54) is 16.9 Å². The maximum Gasteiger partial charge on any atom is 0.271 e. The topological polar surface area (TPSA) is 88.3 Å². The highest BCUT2D eigenvalue weighted by Crippen LogP contribution is 2.21. The van der Waals surface area contributed by atoms with Crippen LogP contribution in [0.2, 0.25) is 0 Å². The molecular weight excluding hydrogens is 384 g/mol. The van der Waals surface area contributed by atoms with E-state index in [9.17, 15) is 9.59 Å². The van der Waals surface area contributed by atoms with Crippen molar-refractivity contribution < 1.29 is 9.59 Å². The minimum absolute atomic E-state index is 0. The Balaban J connectivity index is 0.00000261. The molecule has 0 atom stereocenters. The maximum absolute atomic E-state index is 12.3.